The molecule has 0 amide bonds. The fourth-order valence-electron chi connectivity index (χ4n) is 2.94. The fourth-order valence-corrected chi connectivity index (χ4v) is 6.85. The maximum absolute atomic E-state index is 5.87. The summed E-state index contributed by atoms with van der Waals surface area (Å²) in [5.41, 5.74) is 13.1. The molecule has 1 aliphatic rings. The minimum atomic E-state index is -3.28. The van der Waals surface area contributed by atoms with Crippen molar-refractivity contribution in [3.63, 3.8) is 0 Å². The van der Waals surface area contributed by atoms with Gasteiger partial charge < -0.3 is 0 Å². The van der Waals surface area contributed by atoms with Gasteiger partial charge in [-0.15, -0.1) is 0 Å². The Morgan fingerprint density at radius 3 is 1.30 bits per heavy atom. The first-order valence-corrected chi connectivity index (χ1v) is 9.41. The van der Waals surface area contributed by atoms with Crippen molar-refractivity contribution in [1.29, 1.82) is 0 Å². The number of nitrogen functional groups attached to an aromatic ring is 2. The van der Waals surface area contributed by atoms with Gasteiger partial charge in [-0.25, -0.2) is 0 Å². The van der Waals surface area contributed by atoms with Gasteiger partial charge in [0.25, 0.3) is 0 Å². The van der Waals surface area contributed by atoms with E-state index in [-0.39, 0.29) is 0 Å². The summed E-state index contributed by atoms with van der Waals surface area (Å²) in [6.07, 6.45) is 0. The van der Waals surface area contributed by atoms with Gasteiger partial charge in [0.05, 0.1) is 0 Å². The topological polar surface area (TPSA) is 77.1 Å². The second-order valence-electron chi connectivity index (χ2n) is 5.63. The molecule has 1 fully saturated rings. The minimum absolute atomic E-state index is 0.706. The molecule has 4 rings (SSSR count). The molecule has 3 aromatic carbocycles. The molecular weight excluding hydrogens is 307 g/mol. The molecule has 4 N–H and O–H groups in total. The third kappa shape index (κ3) is 1.90. The number of rotatable bonds is 3. The predicted octanol–water partition coefficient (Wildman–Crippen LogP) is 2.47. The van der Waals surface area contributed by atoms with Crippen molar-refractivity contribution >= 4 is 34.3 Å². The second-order valence-corrected chi connectivity index (χ2v) is 9.39. The molecule has 116 valence electrons. The molecular formula is C18H17N2O2P. The molecule has 0 bridgehead atoms. The van der Waals surface area contributed by atoms with Gasteiger partial charge >= 0.3 is 134 Å². The van der Waals surface area contributed by atoms with E-state index >= 15 is 0 Å². The Hall–Kier alpha value is -2.39. The molecule has 23 heavy (non-hydrogen) atoms. The molecule has 1 aliphatic heterocycles. The quantitative estimate of drug-likeness (QED) is 0.336. The summed E-state index contributed by atoms with van der Waals surface area (Å²) in [7, 11) is -3.28. The number of hydrogen-bond donors (Lipinski definition) is 2. The fraction of sp³-hybridized carbons (Fsp3) is 0. The van der Waals surface area contributed by atoms with Crippen molar-refractivity contribution in [3.05, 3.63) is 78.9 Å². The van der Waals surface area contributed by atoms with E-state index in [1.54, 1.807) is 0 Å². The Morgan fingerprint density at radius 2 is 0.913 bits per heavy atom. The summed E-state index contributed by atoms with van der Waals surface area (Å²) >= 11 is 0. The van der Waals surface area contributed by atoms with Crippen LogP contribution in [0.3, 0.4) is 0 Å². The standard InChI is InChI=1S/C18H17N2O2P/c19-14-6-10-17(11-7-14)23(21-22-23,16-4-2-1-3-5-16)18-12-8-15(20)9-13-18/h1-13H,19-20H2. The van der Waals surface area contributed by atoms with Crippen LogP contribution in [0.5, 0.6) is 0 Å². The SMILES string of the molecule is Nc1ccc(P2(c3ccccc3)(c3ccc(N)cc3)OO2)cc1. The second kappa shape index (κ2) is 4.80. The zero-order valence-corrected chi connectivity index (χ0v) is 13.3. The normalized spacial score (nSPS) is 19.4. The third-order valence-corrected chi connectivity index (χ3v) is 8.55. The van der Waals surface area contributed by atoms with Gasteiger partial charge in [-0.1, -0.05) is 0 Å². The van der Waals surface area contributed by atoms with Crippen LogP contribution in [-0.4, -0.2) is 0 Å². The molecule has 0 aromatic heterocycles. The van der Waals surface area contributed by atoms with Gasteiger partial charge in [0.15, 0.2) is 0 Å². The van der Waals surface area contributed by atoms with Gasteiger partial charge in [-0.05, 0) is 0 Å². The Bertz CT molecular complexity index is 795. The van der Waals surface area contributed by atoms with Gasteiger partial charge in [0.1, 0.15) is 0 Å². The van der Waals surface area contributed by atoms with Crippen LogP contribution >= 0.6 is 7.06 Å². The van der Waals surface area contributed by atoms with Gasteiger partial charge in [-0.3, -0.25) is 0 Å². The van der Waals surface area contributed by atoms with E-state index in [1.807, 2.05) is 78.9 Å². The van der Waals surface area contributed by atoms with Crippen molar-refractivity contribution in [2.75, 3.05) is 11.5 Å². The molecule has 0 saturated carbocycles. The van der Waals surface area contributed by atoms with Crippen molar-refractivity contribution in [2.45, 2.75) is 0 Å². The maximum atomic E-state index is 5.87. The van der Waals surface area contributed by atoms with E-state index in [4.69, 9.17) is 20.8 Å². The molecule has 1 saturated heterocycles. The van der Waals surface area contributed by atoms with Crippen LogP contribution in [0.1, 0.15) is 0 Å². The van der Waals surface area contributed by atoms with Crippen LogP contribution in [0, 0.1) is 0 Å². The molecule has 0 unspecified atom stereocenters. The number of benzene rings is 3. The van der Waals surface area contributed by atoms with Gasteiger partial charge in [0, 0.05) is 0 Å². The van der Waals surface area contributed by atoms with E-state index in [0.29, 0.717) is 11.4 Å². The zero-order valence-electron chi connectivity index (χ0n) is 12.4. The summed E-state index contributed by atoms with van der Waals surface area (Å²) in [6, 6.07) is 25.4. The average molecular weight is 324 g/mol. The van der Waals surface area contributed by atoms with Crippen LogP contribution in [0.4, 0.5) is 11.4 Å². The van der Waals surface area contributed by atoms with Crippen LogP contribution in [0.15, 0.2) is 78.9 Å². The molecule has 0 atom stereocenters. The Balaban J connectivity index is 2.02. The molecule has 3 aromatic rings. The Labute approximate surface area is 134 Å². The summed E-state index contributed by atoms with van der Waals surface area (Å²) < 4.78 is 11.7. The zero-order chi connectivity index (χ0) is 15.9. The summed E-state index contributed by atoms with van der Waals surface area (Å²) in [5, 5.41) is 3.00. The van der Waals surface area contributed by atoms with E-state index in [0.717, 1.165) is 15.9 Å². The van der Waals surface area contributed by atoms with Crippen molar-refractivity contribution in [3.8, 4) is 0 Å². The van der Waals surface area contributed by atoms with Crippen LogP contribution in [-0.2, 0) is 9.35 Å². The Kier molecular flexibility index (Phi) is 2.97. The average Bonchev–Trinajstić information content (AvgIpc) is 3.36. The molecule has 1 heterocycles. The third-order valence-electron chi connectivity index (χ3n) is 4.25. The number of anilines is 2. The molecule has 0 radical (unpaired) electrons. The van der Waals surface area contributed by atoms with Crippen molar-refractivity contribution in [1.82, 2.24) is 0 Å². The van der Waals surface area contributed by atoms with Crippen LogP contribution < -0.4 is 27.4 Å². The van der Waals surface area contributed by atoms with Gasteiger partial charge in [-0.2, -0.15) is 0 Å². The Morgan fingerprint density at radius 1 is 0.522 bits per heavy atom. The van der Waals surface area contributed by atoms with Crippen molar-refractivity contribution < 1.29 is 9.35 Å². The predicted molar refractivity (Wildman–Crippen MR) is 96.1 cm³/mol. The molecule has 4 nitrogen and oxygen atoms in total. The summed E-state index contributed by atoms with van der Waals surface area (Å²) in [6.45, 7) is 0. The summed E-state index contributed by atoms with van der Waals surface area (Å²) in [4.78, 5) is 0. The van der Waals surface area contributed by atoms with E-state index in [9.17, 15) is 0 Å². The number of nitrogens with two attached hydrogens (primary N) is 2. The number of hydrogen-bond acceptors (Lipinski definition) is 4. The van der Waals surface area contributed by atoms with Crippen LogP contribution in [0.2, 0.25) is 0 Å². The van der Waals surface area contributed by atoms with E-state index in [1.165, 1.54) is 0 Å². The molecule has 5 heteroatoms. The first kappa shape index (κ1) is 14.2. The summed E-state index contributed by atoms with van der Waals surface area (Å²) in [5.74, 6) is 0. The molecule has 0 spiro atoms. The monoisotopic (exact) mass is 324 g/mol. The van der Waals surface area contributed by atoms with E-state index in [2.05, 4.69) is 0 Å². The van der Waals surface area contributed by atoms with E-state index < -0.39 is 7.06 Å². The first-order chi connectivity index (χ1) is 11.1. The molecule has 0 aliphatic carbocycles. The van der Waals surface area contributed by atoms with Crippen LogP contribution in [0.25, 0.3) is 0 Å². The first-order valence-electron chi connectivity index (χ1n) is 7.33. The van der Waals surface area contributed by atoms with Gasteiger partial charge in [0.2, 0.25) is 0 Å². The van der Waals surface area contributed by atoms with Crippen molar-refractivity contribution in [2.24, 2.45) is 0 Å².